The Hall–Kier alpha value is -2.37. The number of nitrogens with zero attached hydrogens (tertiary/aromatic N) is 1. The molecule has 0 radical (unpaired) electrons. The number of rotatable bonds is 8. The van der Waals surface area contributed by atoms with Crippen LogP contribution in [0.5, 0.6) is 0 Å². The number of benzene rings is 1. The van der Waals surface area contributed by atoms with Crippen LogP contribution in [0.1, 0.15) is 56.3 Å². The summed E-state index contributed by atoms with van der Waals surface area (Å²) < 4.78 is 5.06. The maximum Gasteiger partial charge on any atom is 0.306 e. The van der Waals surface area contributed by atoms with Gasteiger partial charge in [-0.2, -0.15) is 0 Å². The summed E-state index contributed by atoms with van der Waals surface area (Å²) >= 11 is 0. The number of anilines is 1. The molecule has 0 atom stereocenters. The van der Waals surface area contributed by atoms with Gasteiger partial charge in [-0.05, 0) is 50.8 Å². The molecular formula is C20H28N2O4. The summed E-state index contributed by atoms with van der Waals surface area (Å²) in [6, 6.07) is 6.78. The Morgan fingerprint density at radius 2 is 1.85 bits per heavy atom. The number of ether oxygens (including phenoxy) is 1. The summed E-state index contributed by atoms with van der Waals surface area (Å²) in [5, 5.41) is 2.67. The van der Waals surface area contributed by atoms with E-state index in [0.717, 1.165) is 12.8 Å². The topological polar surface area (TPSA) is 75.7 Å². The van der Waals surface area contributed by atoms with Crippen molar-refractivity contribution in [3.8, 4) is 0 Å². The minimum absolute atomic E-state index is 0.0749. The van der Waals surface area contributed by atoms with Crippen LogP contribution < -0.4 is 5.32 Å². The second-order valence-corrected chi connectivity index (χ2v) is 6.62. The van der Waals surface area contributed by atoms with Crippen LogP contribution in [-0.2, 0) is 14.3 Å². The van der Waals surface area contributed by atoms with Crippen molar-refractivity contribution < 1.29 is 19.1 Å². The van der Waals surface area contributed by atoms with Gasteiger partial charge in [0, 0.05) is 30.8 Å². The largest absolute Gasteiger partial charge is 0.456 e. The van der Waals surface area contributed by atoms with Gasteiger partial charge in [0.1, 0.15) is 0 Å². The molecule has 142 valence electrons. The van der Waals surface area contributed by atoms with Crippen LogP contribution in [0.3, 0.4) is 0 Å². The summed E-state index contributed by atoms with van der Waals surface area (Å²) in [7, 11) is 0. The lowest BCUT2D eigenvalue weighted by atomic mass is 10.1. The van der Waals surface area contributed by atoms with E-state index >= 15 is 0 Å². The molecule has 1 aliphatic rings. The summed E-state index contributed by atoms with van der Waals surface area (Å²) in [6.45, 7) is 4.80. The molecular weight excluding hydrogens is 332 g/mol. The molecule has 26 heavy (non-hydrogen) atoms. The van der Waals surface area contributed by atoms with Crippen molar-refractivity contribution in [2.75, 3.05) is 25.0 Å². The predicted molar refractivity (Wildman–Crippen MR) is 99.9 cm³/mol. The first-order valence-electron chi connectivity index (χ1n) is 9.38. The fraction of sp³-hybridized carbons (Fsp3) is 0.550. The van der Waals surface area contributed by atoms with E-state index in [4.69, 9.17) is 4.74 Å². The van der Waals surface area contributed by atoms with Gasteiger partial charge in [0.05, 0.1) is 0 Å². The maximum absolute atomic E-state index is 12.4. The normalized spacial score (nSPS) is 14.1. The van der Waals surface area contributed by atoms with Crippen molar-refractivity contribution >= 4 is 23.5 Å². The monoisotopic (exact) mass is 360 g/mol. The molecule has 1 N–H and O–H groups in total. The first-order chi connectivity index (χ1) is 12.5. The highest BCUT2D eigenvalue weighted by molar-refractivity contribution is 5.97. The number of nitrogens with one attached hydrogen (secondary N) is 1. The number of hydrogen-bond acceptors (Lipinski definition) is 4. The van der Waals surface area contributed by atoms with Gasteiger partial charge in [0.25, 0.3) is 11.8 Å². The zero-order valence-corrected chi connectivity index (χ0v) is 15.6. The molecule has 0 heterocycles. The van der Waals surface area contributed by atoms with Crippen molar-refractivity contribution in [1.82, 2.24) is 4.90 Å². The van der Waals surface area contributed by atoms with E-state index in [1.165, 1.54) is 12.8 Å². The Labute approximate surface area is 154 Å². The van der Waals surface area contributed by atoms with E-state index in [0.29, 0.717) is 36.7 Å². The third-order valence-electron chi connectivity index (χ3n) is 4.74. The third-order valence-corrected chi connectivity index (χ3v) is 4.74. The third kappa shape index (κ3) is 5.86. The molecule has 0 bridgehead atoms. The zero-order valence-electron chi connectivity index (χ0n) is 15.6. The number of esters is 1. The van der Waals surface area contributed by atoms with Crippen LogP contribution in [0.2, 0.25) is 0 Å². The quantitative estimate of drug-likeness (QED) is 0.722. The average Bonchev–Trinajstić information content (AvgIpc) is 3.14. The molecule has 0 aromatic heterocycles. The van der Waals surface area contributed by atoms with Crippen LogP contribution in [-0.4, -0.2) is 42.4 Å². The SMILES string of the molecule is CCN(CC)C(=O)c1cccc(NC(=O)COC(=O)CC2CCCC2)c1. The summed E-state index contributed by atoms with van der Waals surface area (Å²) in [5.41, 5.74) is 1.03. The number of amides is 2. The van der Waals surface area contributed by atoms with Gasteiger partial charge in [-0.3, -0.25) is 14.4 Å². The van der Waals surface area contributed by atoms with Crippen molar-refractivity contribution in [2.45, 2.75) is 46.0 Å². The van der Waals surface area contributed by atoms with E-state index in [1.54, 1.807) is 29.2 Å². The minimum atomic E-state index is -0.405. The van der Waals surface area contributed by atoms with Gasteiger partial charge in [-0.1, -0.05) is 18.9 Å². The van der Waals surface area contributed by atoms with Crippen LogP contribution in [0.25, 0.3) is 0 Å². The molecule has 1 saturated carbocycles. The lowest BCUT2D eigenvalue weighted by Gasteiger charge is -2.19. The van der Waals surface area contributed by atoms with E-state index in [9.17, 15) is 14.4 Å². The molecule has 0 saturated heterocycles. The molecule has 6 heteroatoms. The van der Waals surface area contributed by atoms with Crippen LogP contribution in [0.15, 0.2) is 24.3 Å². The highest BCUT2D eigenvalue weighted by Gasteiger charge is 2.20. The Bertz CT molecular complexity index is 634. The van der Waals surface area contributed by atoms with Gasteiger partial charge < -0.3 is 15.0 Å². The van der Waals surface area contributed by atoms with Crippen molar-refractivity contribution in [3.63, 3.8) is 0 Å². The smallest absolute Gasteiger partial charge is 0.306 e. The molecule has 1 aliphatic carbocycles. The Balaban J connectivity index is 1.83. The second kappa shape index (κ2) is 9.94. The summed E-state index contributed by atoms with van der Waals surface area (Å²) in [4.78, 5) is 37.9. The number of hydrogen-bond donors (Lipinski definition) is 1. The van der Waals surface area contributed by atoms with E-state index in [1.807, 2.05) is 13.8 Å². The van der Waals surface area contributed by atoms with Crippen LogP contribution >= 0.6 is 0 Å². The second-order valence-electron chi connectivity index (χ2n) is 6.62. The molecule has 1 aromatic rings. The van der Waals surface area contributed by atoms with Gasteiger partial charge in [0.15, 0.2) is 6.61 Å². The van der Waals surface area contributed by atoms with Crippen LogP contribution in [0, 0.1) is 5.92 Å². The Morgan fingerprint density at radius 1 is 1.15 bits per heavy atom. The highest BCUT2D eigenvalue weighted by atomic mass is 16.5. The molecule has 1 aromatic carbocycles. The van der Waals surface area contributed by atoms with Crippen molar-refractivity contribution in [2.24, 2.45) is 5.92 Å². The van der Waals surface area contributed by atoms with E-state index < -0.39 is 5.91 Å². The highest BCUT2D eigenvalue weighted by Crippen LogP contribution is 2.27. The fourth-order valence-corrected chi connectivity index (χ4v) is 3.28. The van der Waals surface area contributed by atoms with Crippen molar-refractivity contribution in [1.29, 1.82) is 0 Å². The Morgan fingerprint density at radius 3 is 2.50 bits per heavy atom. The minimum Gasteiger partial charge on any atom is -0.456 e. The van der Waals surface area contributed by atoms with E-state index in [2.05, 4.69) is 5.32 Å². The number of carbonyl (C=O) groups is 3. The summed E-state index contributed by atoms with van der Waals surface area (Å²) in [6.07, 6.45) is 4.85. The molecule has 0 spiro atoms. The standard InChI is InChI=1S/C20H28N2O4/c1-3-22(4-2)20(25)16-10-7-11-17(13-16)21-18(23)14-26-19(24)12-15-8-5-6-9-15/h7,10-11,13,15H,3-6,8-9,12,14H2,1-2H3,(H,21,23). The molecule has 6 nitrogen and oxygen atoms in total. The fourth-order valence-electron chi connectivity index (χ4n) is 3.28. The van der Waals surface area contributed by atoms with E-state index in [-0.39, 0.29) is 18.5 Å². The molecule has 2 rings (SSSR count). The molecule has 2 amide bonds. The first kappa shape index (κ1) is 19.9. The molecule has 0 unspecified atom stereocenters. The molecule has 1 fully saturated rings. The van der Waals surface area contributed by atoms with Gasteiger partial charge in [-0.15, -0.1) is 0 Å². The zero-order chi connectivity index (χ0) is 18.9. The predicted octanol–water partition coefficient (Wildman–Crippen LogP) is 3.23. The average molecular weight is 360 g/mol. The number of carbonyl (C=O) groups excluding carboxylic acids is 3. The van der Waals surface area contributed by atoms with Gasteiger partial charge in [0.2, 0.25) is 0 Å². The summed E-state index contributed by atoms with van der Waals surface area (Å²) in [5.74, 6) is -0.405. The van der Waals surface area contributed by atoms with Crippen LogP contribution in [0.4, 0.5) is 5.69 Å². The maximum atomic E-state index is 12.4. The van der Waals surface area contributed by atoms with Crippen molar-refractivity contribution in [3.05, 3.63) is 29.8 Å². The lowest BCUT2D eigenvalue weighted by molar-refractivity contribution is -0.148. The van der Waals surface area contributed by atoms with Gasteiger partial charge >= 0.3 is 5.97 Å². The Kier molecular flexibility index (Phi) is 7.63. The lowest BCUT2D eigenvalue weighted by Crippen LogP contribution is -2.30. The van der Waals surface area contributed by atoms with Gasteiger partial charge in [-0.25, -0.2) is 0 Å². The first-order valence-corrected chi connectivity index (χ1v) is 9.38. The molecule has 0 aliphatic heterocycles.